The van der Waals surface area contributed by atoms with Crippen molar-refractivity contribution in [3.05, 3.63) is 307 Å². The number of hydrogen-bond donors (Lipinski definition) is 0. The van der Waals surface area contributed by atoms with Gasteiger partial charge in [0, 0.05) is 33.2 Å². The minimum Gasteiger partial charge on any atom is -0.310 e. The summed E-state index contributed by atoms with van der Waals surface area (Å²) in [4.78, 5) is 2.47. The second-order valence-corrected chi connectivity index (χ2v) is 19.6. The lowest BCUT2D eigenvalue weighted by molar-refractivity contribution is 0.793. The van der Waals surface area contributed by atoms with E-state index in [0.717, 1.165) is 39.4 Å². The predicted octanol–water partition coefficient (Wildman–Crippen LogP) is 19.2. The third-order valence-corrected chi connectivity index (χ3v) is 15.7. The molecule has 14 rings (SSSR count). The van der Waals surface area contributed by atoms with E-state index in [4.69, 9.17) is 0 Å². The molecule has 2 nitrogen and oxygen atoms in total. The van der Waals surface area contributed by atoms with Gasteiger partial charge in [0.1, 0.15) is 0 Å². The zero-order chi connectivity index (χ0) is 49.3. The topological polar surface area (TPSA) is 8.17 Å². The Morgan fingerprint density at radius 2 is 0.973 bits per heavy atom. The first-order valence-corrected chi connectivity index (χ1v) is 25.6. The molecule has 1 spiro atoms. The highest BCUT2D eigenvalue weighted by molar-refractivity contribution is 6.10. The Morgan fingerprint density at radius 3 is 1.69 bits per heavy atom. The number of para-hydroxylation sites is 1. The number of allylic oxidation sites excluding steroid dienone is 5. The minimum atomic E-state index is -0.442. The Hall–Kier alpha value is -9.50. The largest absolute Gasteiger partial charge is 0.310 e. The maximum atomic E-state index is 4.30. The van der Waals surface area contributed by atoms with Gasteiger partial charge in [-0.15, -0.1) is 0 Å². The van der Waals surface area contributed by atoms with Gasteiger partial charge in [-0.2, -0.15) is 0 Å². The summed E-state index contributed by atoms with van der Waals surface area (Å²) in [7, 11) is 0. The first-order chi connectivity index (χ1) is 36.6. The normalized spacial score (nSPS) is 13.0. The summed E-state index contributed by atoms with van der Waals surface area (Å²) in [5, 5.41) is 4.87. The standard InChI is InChI=1S/C72H50N2/c1-3-4-5-18-48(2)49-33-38-56(39-34-49)74-70-31-15-11-27-63(70)64-46-54(37-44-71(64)74)53-22-16-21-52(45-53)50-35-40-55(41-36-50)73(69-32-17-20-51-19-6-7-23-58(51)69)57-42-43-62-61-26-10-14-30-67(61)72(68(62)47-57)65-28-12-8-24-59(65)60-25-9-13-29-66(60)72/h3-47H,2H2,1H3/b4-3-,18-5-. The van der Waals surface area contributed by atoms with Crippen molar-refractivity contribution in [1.29, 1.82) is 0 Å². The molecule has 0 saturated carbocycles. The Morgan fingerprint density at radius 1 is 0.419 bits per heavy atom. The van der Waals surface area contributed by atoms with E-state index >= 15 is 0 Å². The quantitative estimate of drug-likeness (QED) is 0.131. The predicted molar refractivity (Wildman–Crippen MR) is 313 cm³/mol. The highest BCUT2D eigenvalue weighted by Gasteiger charge is 2.51. The van der Waals surface area contributed by atoms with Crippen LogP contribution in [-0.4, -0.2) is 4.57 Å². The summed E-state index contributed by atoms with van der Waals surface area (Å²) >= 11 is 0. The third-order valence-electron chi connectivity index (χ3n) is 15.7. The van der Waals surface area contributed by atoms with Gasteiger partial charge in [0.05, 0.1) is 22.1 Å². The van der Waals surface area contributed by atoms with Gasteiger partial charge in [-0.25, -0.2) is 0 Å². The van der Waals surface area contributed by atoms with Gasteiger partial charge in [-0.1, -0.05) is 213 Å². The SMILES string of the molecule is C=C(/C=C\C=C/C)c1ccc(-n2c3ccccc3c3cc(-c4cccc(-c5ccc(N(c6ccc7c(c6)C6(c8ccccc8-c8ccccc86)c6ccccc6-7)c6cccc7ccccc67)cc5)c4)ccc32)cc1. The van der Waals surface area contributed by atoms with Gasteiger partial charge in [0.2, 0.25) is 0 Å². The summed E-state index contributed by atoms with van der Waals surface area (Å²) in [6, 6.07) is 92.3. The van der Waals surface area contributed by atoms with E-state index in [1.807, 2.05) is 25.2 Å². The minimum absolute atomic E-state index is 0.442. The Labute approximate surface area is 432 Å². The molecule has 1 aromatic heterocycles. The van der Waals surface area contributed by atoms with Crippen molar-refractivity contribution in [2.45, 2.75) is 12.3 Å². The molecule has 12 aromatic rings. The molecule has 0 fully saturated rings. The molecule has 2 aliphatic rings. The van der Waals surface area contributed by atoms with Gasteiger partial charge in [0.15, 0.2) is 0 Å². The highest BCUT2D eigenvalue weighted by Crippen LogP contribution is 2.63. The smallest absolute Gasteiger partial charge is 0.0726 e. The summed E-state index contributed by atoms with van der Waals surface area (Å²) in [5.41, 5.74) is 23.8. The Kier molecular flexibility index (Phi) is 10.2. The average Bonchev–Trinajstić information content (AvgIpc) is 4.13. The van der Waals surface area contributed by atoms with Gasteiger partial charge >= 0.3 is 0 Å². The molecule has 74 heavy (non-hydrogen) atoms. The summed E-state index contributed by atoms with van der Waals surface area (Å²) in [6.45, 7) is 6.32. The van der Waals surface area contributed by atoms with E-state index in [0.29, 0.717) is 0 Å². The molecule has 1 heterocycles. The van der Waals surface area contributed by atoms with Crippen LogP contribution in [-0.2, 0) is 5.41 Å². The zero-order valence-electron chi connectivity index (χ0n) is 41.1. The van der Waals surface area contributed by atoms with Gasteiger partial charge in [-0.3, -0.25) is 0 Å². The number of benzene rings is 11. The molecule has 0 saturated heterocycles. The Bertz CT molecular complexity index is 4210. The maximum Gasteiger partial charge on any atom is 0.0726 e. The van der Waals surface area contributed by atoms with E-state index in [-0.39, 0.29) is 0 Å². The van der Waals surface area contributed by atoms with Crippen molar-refractivity contribution in [3.63, 3.8) is 0 Å². The molecular formula is C72H50N2. The summed E-state index contributed by atoms with van der Waals surface area (Å²) in [6.07, 6.45) is 8.14. The van der Waals surface area contributed by atoms with Crippen LogP contribution in [0.4, 0.5) is 17.1 Å². The number of hydrogen-bond acceptors (Lipinski definition) is 1. The van der Waals surface area contributed by atoms with Crippen molar-refractivity contribution in [1.82, 2.24) is 4.57 Å². The van der Waals surface area contributed by atoms with E-state index in [9.17, 15) is 0 Å². The molecule has 2 aliphatic carbocycles. The lowest BCUT2D eigenvalue weighted by atomic mass is 9.70. The lowest BCUT2D eigenvalue weighted by Gasteiger charge is -2.32. The van der Waals surface area contributed by atoms with Crippen molar-refractivity contribution < 1.29 is 0 Å². The van der Waals surface area contributed by atoms with E-state index < -0.39 is 5.41 Å². The van der Waals surface area contributed by atoms with Crippen LogP contribution in [0.2, 0.25) is 0 Å². The number of nitrogens with zero attached hydrogens (tertiary/aromatic N) is 2. The van der Waals surface area contributed by atoms with Gasteiger partial charge < -0.3 is 9.47 Å². The molecule has 0 bridgehead atoms. The van der Waals surface area contributed by atoms with Crippen LogP contribution in [0.15, 0.2) is 280 Å². The van der Waals surface area contributed by atoms with Crippen molar-refractivity contribution in [2.75, 3.05) is 4.90 Å². The molecule has 0 amide bonds. The first kappa shape index (κ1) is 43.3. The van der Waals surface area contributed by atoms with Gasteiger partial charge in [-0.05, 0) is 157 Å². The molecule has 0 atom stereocenters. The van der Waals surface area contributed by atoms with E-state index in [2.05, 4.69) is 271 Å². The van der Waals surface area contributed by atoms with Crippen LogP contribution in [0.5, 0.6) is 0 Å². The summed E-state index contributed by atoms with van der Waals surface area (Å²) in [5.74, 6) is 0. The third kappa shape index (κ3) is 6.65. The molecule has 348 valence electrons. The van der Waals surface area contributed by atoms with Crippen molar-refractivity contribution >= 4 is 55.2 Å². The van der Waals surface area contributed by atoms with Crippen LogP contribution in [0.3, 0.4) is 0 Å². The molecule has 0 aliphatic heterocycles. The zero-order valence-corrected chi connectivity index (χ0v) is 41.1. The van der Waals surface area contributed by atoms with Crippen LogP contribution < -0.4 is 4.90 Å². The maximum absolute atomic E-state index is 4.30. The monoisotopic (exact) mass is 942 g/mol. The van der Waals surface area contributed by atoms with Crippen LogP contribution in [0.1, 0.15) is 34.7 Å². The molecule has 2 heteroatoms. The molecule has 0 radical (unpaired) electrons. The fourth-order valence-corrected chi connectivity index (χ4v) is 12.4. The average molecular weight is 943 g/mol. The fourth-order valence-electron chi connectivity index (χ4n) is 12.4. The molecule has 11 aromatic carbocycles. The van der Waals surface area contributed by atoms with Gasteiger partial charge in [0.25, 0.3) is 0 Å². The van der Waals surface area contributed by atoms with E-state index in [1.54, 1.807) is 0 Å². The van der Waals surface area contributed by atoms with E-state index in [1.165, 1.54) is 93.8 Å². The molecular weight excluding hydrogens is 893 g/mol. The summed E-state index contributed by atoms with van der Waals surface area (Å²) < 4.78 is 2.38. The number of aromatic nitrogens is 1. The number of rotatable bonds is 9. The second kappa shape index (κ2) is 17.4. The highest BCUT2D eigenvalue weighted by atomic mass is 15.1. The first-order valence-electron chi connectivity index (χ1n) is 25.6. The lowest BCUT2D eigenvalue weighted by Crippen LogP contribution is -2.26. The molecule has 0 unspecified atom stereocenters. The van der Waals surface area contributed by atoms with Crippen LogP contribution in [0, 0.1) is 0 Å². The van der Waals surface area contributed by atoms with Crippen molar-refractivity contribution in [2.24, 2.45) is 0 Å². The second-order valence-electron chi connectivity index (χ2n) is 19.6. The molecule has 0 N–H and O–H groups in total. The number of fused-ring (bicyclic) bond motifs is 14. The fraction of sp³-hybridized carbons (Fsp3) is 0.0278. The van der Waals surface area contributed by atoms with Crippen molar-refractivity contribution in [3.8, 4) is 50.2 Å². The van der Waals surface area contributed by atoms with Crippen LogP contribution in [0.25, 0.3) is 88.3 Å². The number of anilines is 3. The van der Waals surface area contributed by atoms with Crippen LogP contribution >= 0.6 is 0 Å². The Balaban J connectivity index is 0.851.